The van der Waals surface area contributed by atoms with Crippen molar-refractivity contribution in [3.05, 3.63) is 66.2 Å². The van der Waals surface area contributed by atoms with E-state index in [9.17, 15) is 5.11 Å². The fourth-order valence-corrected chi connectivity index (χ4v) is 4.08. The maximum Gasteiger partial charge on any atom is 0.118 e. The number of hydrogen-bond acceptors (Lipinski definition) is 4. The van der Waals surface area contributed by atoms with E-state index in [0.717, 1.165) is 32.7 Å². The molecule has 124 valence electrons. The maximum absolute atomic E-state index is 10.3. The van der Waals surface area contributed by atoms with E-state index >= 15 is 0 Å². The smallest absolute Gasteiger partial charge is 0.118 e. The second-order valence-electron chi connectivity index (χ2n) is 5.75. The Hall–Kier alpha value is -2.17. The minimum Gasteiger partial charge on any atom is -0.497 e. The molecule has 0 saturated heterocycles. The van der Waals surface area contributed by atoms with Gasteiger partial charge in [0.2, 0.25) is 0 Å². The van der Waals surface area contributed by atoms with E-state index in [2.05, 4.69) is 18.2 Å². The number of anilines is 1. The number of hydrogen-bond donors (Lipinski definition) is 2. The quantitative estimate of drug-likeness (QED) is 0.525. The lowest BCUT2D eigenvalue weighted by atomic mass is 10.1. The molecule has 3 nitrogen and oxygen atoms in total. The van der Waals surface area contributed by atoms with Crippen LogP contribution in [0.3, 0.4) is 0 Å². The Kier molecular flexibility index (Phi) is 4.97. The van der Waals surface area contributed by atoms with E-state index in [1.54, 1.807) is 18.9 Å². The Balaban J connectivity index is 2.00. The Morgan fingerprint density at radius 3 is 2.29 bits per heavy atom. The van der Waals surface area contributed by atoms with Crippen molar-refractivity contribution in [3.63, 3.8) is 0 Å². The van der Waals surface area contributed by atoms with Crippen LogP contribution in [0.4, 0.5) is 5.69 Å². The van der Waals surface area contributed by atoms with Gasteiger partial charge in [-0.15, -0.1) is 11.8 Å². The molecule has 0 spiro atoms. The van der Waals surface area contributed by atoms with Crippen molar-refractivity contribution in [2.45, 2.75) is 23.2 Å². The fourth-order valence-electron chi connectivity index (χ4n) is 2.81. The van der Waals surface area contributed by atoms with Gasteiger partial charge in [-0.25, -0.2) is 0 Å². The predicted molar refractivity (Wildman–Crippen MR) is 102 cm³/mol. The van der Waals surface area contributed by atoms with Crippen molar-refractivity contribution < 1.29 is 9.84 Å². The fraction of sp³-hybridized carbons (Fsp3) is 0.200. The zero-order valence-corrected chi connectivity index (χ0v) is 14.6. The zero-order valence-electron chi connectivity index (χ0n) is 13.8. The van der Waals surface area contributed by atoms with E-state index in [0.29, 0.717) is 0 Å². The highest BCUT2D eigenvalue weighted by molar-refractivity contribution is 7.99. The summed E-state index contributed by atoms with van der Waals surface area (Å²) < 4.78 is 5.22. The molecule has 3 aromatic rings. The molecule has 3 rings (SSSR count). The number of nitrogens with two attached hydrogens (primary N) is 1. The Bertz CT molecular complexity index is 825. The van der Waals surface area contributed by atoms with Gasteiger partial charge in [0.1, 0.15) is 5.75 Å². The maximum atomic E-state index is 10.3. The van der Waals surface area contributed by atoms with E-state index in [4.69, 9.17) is 10.5 Å². The van der Waals surface area contributed by atoms with Gasteiger partial charge in [-0.2, -0.15) is 0 Å². The lowest BCUT2D eigenvalue weighted by Crippen LogP contribution is -2.11. The Labute approximate surface area is 146 Å². The summed E-state index contributed by atoms with van der Waals surface area (Å²) in [7, 11) is 1.65. The summed E-state index contributed by atoms with van der Waals surface area (Å²) in [5.41, 5.74) is 8.01. The first-order valence-corrected chi connectivity index (χ1v) is 8.74. The summed E-state index contributed by atoms with van der Waals surface area (Å²) in [6, 6.07) is 19.9. The molecule has 0 aromatic heterocycles. The molecule has 3 aromatic carbocycles. The highest BCUT2D eigenvalue weighted by atomic mass is 32.2. The van der Waals surface area contributed by atoms with Gasteiger partial charge < -0.3 is 15.6 Å². The van der Waals surface area contributed by atoms with Gasteiger partial charge in [0.05, 0.1) is 18.5 Å². The molecule has 4 heteroatoms. The molecule has 0 aliphatic rings. The van der Waals surface area contributed by atoms with Crippen LogP contribution in [0.5, 0.6) is 5.75 Å². The van der Waals surface area contributed by atoms with Gasteiger partial charge in [-0.3, -0.25) is 0 Å². The third-order valence-corrected chi connectivity index (χ3v) is 5.55. The van der Waals surface area contributed by atoms with Gasteiger partial charge in [0.25, 0.3) is 0 Å². The van der Waals surface area contributed by atoms with Gasteiger partial charge >= 0.3 is 0 Å². The van der Waals surface area contributed by atoms with Crippen LogP contribution in [-0.4, -0.2) is 18.3 Å². The van der Waals surface area contributed by atoms with Gasteiger partial charge in [0, 0.05) is 16.0 Å². The van der Waals surface area contributed by atoms with E-state index < -0.39 is 6.10 Å². The zero-order chi connectivity index (χ0) is 17.1. The topological polar surface area (TPSA) is 55.5 Å². The summed E-state index contributed by atoms with van der Waals surface area (Å²) in [6.45, 7) is 1.82. The summed E-state index contributed by atoms with van der Waals surface area (Å²) in [5, 5.41) is 12.4. The van der Waals surface area contributed by atoms with Crippen LogP contribution in [0, 0.1) is 0 Å². The molecule has 0 bridgehead atoms. The molecule has 0 radical (unpaired) electrons. The largest absolute Gasteiger partial charge is 0.497 e. The lowest BCUT2D eigenvalue weighted by Gasteiger charge is -2.21. The molecule has 0 amide bonds. The molecule has 2 atom stereocenters. The average molecular weight is 339 g/mol. The van der Waals surface area contributed by atoms with Crippen LogP contribution in [0.15, 0.2) is 65.6 Å². The van der Waals surface area contributed by atoms with E-state index in [-0.39, 0.29) is 5.25 Å². The minimum absolute atomic E-state index is 0.0823. The standard InChI is InChI=1S/C20H21NO2S/c1-13(22)20(15-9-11-16(23-2)12-10-15)24-18-8-4-6-14-5-3-7-17(21)19(14)18/h3-13,20,22H,21H2,1-2H3. The minimum atomic E-state index is -0.497. The van der Waals surface area contributed by atoms with Crippen LogP contribution in [-0.2, 0) is 0 Å². The average Bonchev–Trinajstić information content (AvgIpc) is 2.60. The molecular weight excluding hydrogens is 318 g/mol. The molecule has 24 heavy (non-hydrogen) atoms. The van der Waals surface area contributed by atoms with Gasteiger partial charge in [-0.1, -0.05) is 36.4 Å². The number of benzene rings is 3. The third-order valence-electron chi connectivity index (χ3n) is 4.04. The molecule has 3 N–H and O–H groups in total. The summed E-state index contributed by atoms with van der Waals surface area (Å²) >= 11 is 1.64. The second-order valence-corrected chi connectivity index (χ2v) is 6.94. The lowest BCUT2D eigenvalue weighted by molar-refractivity contribution is 0.192. The van der Waals surface area contributed by atoms with Crippen molar-refractivity contribution in [1.29, 1.82) is 0 Å². The summed E-state index contributed by atoms with van der Waals surface area (Å²) in [5.74, 6) is 0.808. The molecule has 0 saturated carbocycles. The summed E-state index contributed by atoms with van der Waals surface area (Å²) in [6.07, 6.45) is -0.497. The third kappa shape index (κ3) is 3.35. The van der Waals surface area contributed by atoms with Crippen molar-refractivity contribution in [2.24, 2.45) is 0 Å². The molecule has 0 heterocycles. The number of rotatable bonds is 5. The van der Waals surface area contributed by atoms with Gasteiger partial charge in [-0.05, 0) is 42.1 Å². The first kappa shape index (κ1) is 16.7. The Morgan fingerprint density at radius 1 is 1.00 bits per heavy atom. The van der Waals surface area contributed by atoms with Crippen molar-refractivity contribution >= 4 is 28.2 Å². The van der Waals surface area contributed by atoms with Crippen LogP contribution < -0.4 is 10.5 Å². The SMILES string of the molecule is COc1ccc(C(Sc2cccc3cccc(N)c23)C(C)O)cc1. The normalized spacial score (nSPS) is 13.6. The molecule has 2 unspecified atom stereocenters. The number of thioether (sulfide) groups is 1. The highest BCUT2D eigenvalue weighted by Crippen LogP contribution is 2.42. The Morgan fingerprint density at radius 2 is 1.67 bits per heavy atom. The van der Waals surface area contributed by atoms with Gasteiger partial charge in [0.15, 0.2) is 0 Å². The number of fused-ring (bicyclic) bond motifs is 1. The number of methoxy groups -OCH3 is 1. The molecule has 0 fully saturated rings. The number of aliphatic hydroxyl groups is 1. The van der Waals surface area contributed by atoms with Crippen LogP contribution >= 0.6 is 11.8 Å². The first-order chi connectivity index (χ1) is 11.6. The van der Waals surface area contributed by atoms with Crippen molar-refractivity contribution in [3.8, 4) is 5.75 Å². The number of aliphatic hydroxyl groups excluding tert-OH is 1. The van der Waals surface area contributed by atoms with Crippen LogP contribution in [0.25, 0.3) is 10.8 Å². The molecular formula is C20H21NO2S. The predicted octanol–water partition coefficient (Wildman–Crippen LogP) is 4.64. The summed E-state index contributed by atoms with van der Waals surface area (Å²) in [4.78, 5) is 1.08. The van der Waals surface area contributed by atoms with Crippen molar-refractivity contribution in [1.82, 2.24) is 0 Å². The van der Waals surface area contributed by atoms with Crippen LogP contribution in [0.2, 0.25) is 0 Å². The van der Waals surface area contributed by atoms with E-state index in [1.807, 2.05) is 49.4 Å². The number of nitrogen functional groups attached to an aromatic ring is 1. The van der Waals surface area contributed by atoms with Crippen molar-refractivity contribution in [2.75, 3.05) is 12.8 Å². The van der Waals surface area contributed by atoms with Crippen LogP contribution in [0.1, 0.15) is 17.7 Å². The monoisotopic (exact) mass is 339 g/mol. The molecule has 0 aliphatic carbocycles. The molecule has 0 aliphatic heterocycles. The first-order valence-electron chi connectivity index (χ1n) is 7.86. The highest BCUT2D eigenvalue weighted by Gasteiger charge is 2.20. The number of ether oxygens (including phenoxy) is 1. The second kappa shape index (κ2) is 7.16. The van der Waals surface area contributed by atoms with E-state index in [1.165, 1.54) is 0 Å².